The smallest absolute Gasteiger partial charge is 0.133 e. The second-order valence-electron chi connectivity index (χ2n) is 4.85. The molecule has 0 aliphatic rings. The summed E-state index contributed by atoms with van der Waals surface area (Å²) in [5.41, 5.74) is 1.09. The van der Waals surface area contributed by atoms with Crippen molar-refractivity contribution in [2.75, 3.05) is 0 Å². The molecule has 0 radical (unpaired) electrons. The van der Waals surface area contributed by atoms with Crippen LogP contribution in [0.3, 0.4) is 0 Å². The first kappa shape index (κ1) is 15.4. The van der Waals surface area contributed by atoms with Crippen LogP contribution in [0.4, 0.5) is 0 Å². The van der Waals surface area contributed by atoms with Gasteiger partial charge in [-0.05, 0) is 30.3 Å². The van der Waals surface area contributed by atoms with Crippen LogP contribution in [0.2, 0.25) is 5.02 Å². The van der Waals surface area contributed by atoms with Gasteiger partial charge in [-0.3, -0.25) is 0 Å². The number of rotatable bonds is 5. The molecule has 0 saturated heterocycles. The number of hydrogen-bond acceptors (Lipinski definition) is 2. The van der Waals surface area contributed by atoms with E-state index in [4.69, 9.17) is 16.3 Å². The van der Waals surface area contributed by atoms with Gasteiger partial charge in [0.2, 0.25) is 0 Å². The minimum Gasteiger partial charge on any atom is -0.457 e. The van der Waals surface area contributed by atoms with Crippen LogP contribution in [0.5, 0.6) is 11.5 Å². The summed E-state index contributed by atoms with van der Waals surface area (Å²) in [4.78, 5) is 0. The largest absolute Gasteiger partial charge is 0.457 e. The molecule has 0 saturated carbocycles. The van der Waals surface area contributed by atoms with Gasteiger partial charge in [0.1, 0.15) is 11.5 Å². The van der Waals surface area contributed by atoms with Crippen LogP contribution in [0.15, 0.2) is 46.9 Å². The van der Waals surface area contributed by atoms with Gasteiger partial charge in [-0.15, -0.1) is 0 Å². The highest BCUT2D eigenvalue weighted by Gasteiger charge is 2.07. The first-order valence-corrected chi connectivity index (χ1v) is 7.67. The van der Waals surface area contributed by atoms with Crippen molar-refractivity contribution in [3.05, 3.63) is 57.5 Å². The lowest BCUT2D eigenvalue weighted by atomic mass is 10.2. The average Bonchev–Trinajstić information content (AvgIpc) is 2.37. The van der Waals surface area contributed by atoms with Crippen molar-refractivity contribution in [2.24, 2.45) is 0 Å². The predicted octanol–water partition coefficient (Wildman–Crippen LogP) is 5.39. The van der Waals surface area contributed by atoms with Gasteiger partial charge in [0.15, 0.2) is 0 Å². The van der Waals surface area contributed by atoms with E-state index in [2.05, 4.69) is 35.1 Å². The lowest BCUT2D eigenvalue weighted by Crippen LogP contribution is -2.22. The number of halogens is 2. The minimum atomic E-state index is 0.421. The number of hydrogen-bond donors (Lipinski definition) is 1. The summed E-state index contributed by atoms with van der Waals surface area (Å²) in [6, 6.07) is 13.9. The van der Waals surface area contributed by atoms with Crippen LogP contribution < -0.4 is 10.1 Å². The van der Waals surface area contributed by atoms with E-state index in [1.165, 1.54) is 0 Å². The lowest BCUT2D eigenvalue weighted by molar-refractivity contribution is 0.469. The van der Waals surface area contributed by atoms with E-state index in [0.717, 1.165) is 28.1 Å². The fourth-order valence-electron chi connectivity index (χ4n) is 1.74. The van der Waals surface area contributed by atoms with E-state index in [1.807, 2.05) is 42.5 Å². The maximum atomic E-state index is 6.07. The highest BCUT2D eigenvalue weighted by Crippen LogP contribution is 2.29. The molecule has 0 fully saturated rings. The summed E-state index contributed by atoms with van der Waals surface area (Å²) in [7, 11) is 0. The first-order valence-electron chi connectivity index (χ1n) is 6.50. The zero-order chi connectivity index (χ0) is 14.5. The molecule has 0 atom stereocenters. The van der Waals surface area contributed by atoms with Crippen molar-refractivity contribution in [3.63, 3.8) is 0 Å². The van der Waals surface area contributed by atoms with E-state index in [0.29, 0.717) is 11.1 Å². The monoisotopic (exact) mass is 353 g/mol. The molecule has 106 valence electrons. The van der Waals surface area contributed by atoms with Crippen molar-refractivity contribution in [1.82, 2.24) is 5.32 Å². The molecule has 0 heterocycles. The zero-order valence-electron chi connectivity index (χ0n) is 11.5. The zero-order valence-corrected chi connectivity index (χ0v) is 13.8. The van der Waals surface area contributed by atoms with E-state index in [1.54, 1.807) is 0 Å². The molecule has 20 heavy (non-hydrogen) atoms. The van der Waals surface area contributed by atoms with Gasteiger partial charge < -0.3 is 10.1 Å². The van der Waals surface area contributed by atoms with Crippen LogP contribution in [-0.4, -0.2) is 6.04 Å². The minimum absolute atomic E-state index is 0.421. The van der Waals surface area contributed by atoms with Gasteiger partial charge >= 0.3 is 0 Å². The van der Waals surface area contributed by atoms with Crippen molar-refractivity contribution < 1.29 is 4.74 Å². The van der Waals surface area contributed by atoms with Crippen LogP contribution in [0, 0.1) is 0 Å². The number of ether oxygens (including phenoxy) is 1. The van der Waals surface area contributed by atoms with Gasteiger partial charge in [-0.2, -0.15) is 0 Å². The van der Waals surface area contributed by atoms with Gasteiger partial charge in [0, 0.05) is 27.6 Å². The first-order chi connectivity index (χ1) is 9.54. The molecule has 0 aliphatic carbocycles. The van der Waals surface area contributed by atoms with Crippen LogP contribution >= 0.6 is 27.5 Å². The van der Waals surface area contributed by atoms with E-state index in [9.17, 15) is 0 Å². The highest BCUT2D eigenvalue weighted by molar-refractivity contribution is 9.10. The van der Waals surface area contributed by atoms with E-state index < -0.39 is 0 Å². The number of nitrogens with one attached hydrogen (secondary N) is 1. The van der Waals surface area contributed by atoms with Crippen LogP contribution in [-0.2, 0) is 6.54 Å². The third kappa shape index (κ3) is 4.51. The van der Waals surface area contributed by atoms with Crippen molar-refractivity contribution >= 4 is 27.5 Å². The van der Waals surface area contributed by atoms with Crippen molar-refractivity contribution in [3.8, 4) is 11.5 Å². The SMILES string of the molecule is CC(C)NCc1ccc(Cl)cc1Oc1cccc(Br)c1. The fraction of sp³-hybridized carbons (Fsp3) is 0.250. The van der Waals surface area contributed by atoms with Gasteiger partial charge in [0.25, 0.3) is 0 Å². The van der Waals surface area contributed by atoms with Gasteiger partial charge in [-0.1, -0.05) is 53.5 Å². The second kappa shape index (κ2) is 7.11. The predicted molar refractivity (Wildman–Crippen MR) is 87.6 cm³/mol. The van der Waals surface area contributed by atoms with E-state index in [-0.39, 0.29) is 0 Å². The quantitative estimate of drug-likeness (QED) is 0.777. The Labute approximate surface area is 133 Å². The lowest BCUT2D eigenvalue weighted by Gasteiger charge is -2.14. The molecule has 2 nitrogen and oxygen atoms in total. The second-order valence-corrected chi connectivity index (χ2v) is 6.20. The van der Waals surface area contributed by atoms with E-state index >= 15 is 0 Å². The third-order valence-electron chi connectivity index (χ3n) is 2.75. The summed E-state index contributed by atoms with van der Waals surface area (Å²) in [5.74, 6) is 1.57. The Morgan fingerprint density at radius 2 is 2.00 bits per heavy atom. The molecule has 2 aromatic carbocycles. The molecule has 1 N–H and O–H groups in total. The Morgan fingerprint density at radius 1 is 1.20 bits per heavy atom. The molecular formula is C16H17BrClNO. The fourth-order valence-corrected chi connectivity index (χ4v) is 2.28. The maximum Gasteiger partial charge on any atom is 0.133 e. The molecule has 2 aromatic rings. The highest BCUT2D eigenvalue weighted by atomic mass is 79.9. The molecule has 2 rings (SSSR count). The molecule has 0 unspecified atom stereocenters. The molecule has 0 amide bonds. The third-order valence-corrected chi connectivity index (χ3v) is 3.48. The summed E-state index contributed by atoms with van der Waals surface area (Å²) >= 11 is 9.51. The Bertz CT molecular complexity index is 586. The maximum absolute atomic E-state index is 6.07. The standard InChI is InChI=1S/C16H17BrClNO/c1-11(2)19-10-12-6-7-14(18)9-16(12)20-15-5-3-4-13(17)8-15/h3-9,11,19H,10H2,1-2H3. The van der Waals surface area contributed by atoms with Gasteiger partial charge in [0.05, 0.1) is 0 Å². The summed E-state index contributed by atoms with van der Waals surface area (Å²) in [5, 5.41) is 4.06. The summed E-state index contributed by atoms with van der Waals surface area (Å²) in [6.07, 6.45) is 0. The molecule has 0 aliphatic heterocycles. The Kier molecular flexibility index (Phi) is 5.46. The van der Waals surface area contributed by atoms with Gasteiger partial charge in [-0.25, -0.2) is 0 Å². The molecule has 0 aromatic heterocycles. The Morgan fingerprint density at radius 3 is 2.70 bits per heavy atom. The molecule has 0 spiro atoms. The van der Waals surface area contributed by atoms with Crippen molar-refractivity contribution in [2.45, 2.75) is 26.4 Å². The van der Waals surface area contributed by atoms with Crippen molar-refractivity contribution in [1.29, 1.82) is 0 Å². The molecule has 4 heteroatoms. The normalized spacial score (nSPS) is 10.8. The summed E-state index contributed by atoms with van der Waals surface area (Å²) in [6.45, 7) is 4.98. The van der Waals surface area contributed by atoms with Crippen LogP contribution in [0.1, 0.15) is 19.4 Å². The number of benzene rings is 2. The summed E-state index contributed by atoms with van der Waals surface area (Å²) < 4.78 is 6.93. The Balaban J connectivity index is 2.22. The molecular weight excluding hydrogens is 338 g/mol. The topological polar surface area (TPSA) is 21.3 Å². The Hall–Kier alpha value is -1.03. The van der Waals surface area contributed by atoms with Crippen LogP contribution in [0.25, 0.3) is 0 Å². The average molecular weight is 355 g/mol. The molecule has 0 bridgehead atoms.